The zero-order valence-corrected chi connectivity index (χ0v) is 16.3. The van der Waals surface area contributed by atoms with E-state index in [0.717, 1.165) is 11.0 Å². The first-order chi connectivity index (χ1) is 12.9. The average Bonchev–Trinajstić information content (AvgIpc) is 2.91. The van der Waals surface area contributed by atoms with Crippen LogP contribution in [0.4, 0.5) is 11.4 Å². The summed E-state index contributed by atoms with van der Waals surface area (Å²) in [6.45, 7) is 4.85. The summed E-state index contributed by atoms with van der Waals surface area (Å²) < 4.78 is 3.96. The van der Waals surface area contributed by atoms with Crippen LogP contribution in [0, 0.1) is 10.1 Å². The fourth-order valence-corrected chi connectivity index (χ4v) is 3.40. The molecule has 0 fully saturated rings. The van der Waals surface area contributed by atoms with Gasteiger partial charge in [-0.15, -0.1) is 0 Å². The third-order valence-electron chi connectivity index (χ3n) is 4.33. The number of benzene rings is 2. The van der Waals surface area contributed by atoms with Crippen LogP contribution in [0.25, 0.3) is 11.0 Å². The predicted octanol–water partition coefficient (Wildman–Crippen LogP) is 3.77. The van der Waals surface area contributed by atoms with E-state index in [2.05, 4.69) is 21.2 Å². The summed E-state index contributed by atoms with van der Waals surface area (Å²) in [6.07, 6.45) is 0. The number of halogens is 1. The lowest BCUT2D eigenvalue weighted by Crippen LogP contribution is -2.23. The SMILES string of the molecule is CCn1c(=O)n(CC)c2cc(NC(=O)c3ccc([N+](=O)[O-])cc3)c(Br)cc21. The third-order valence-corrected chi connectivity index (χ3v) is 4.98. The molecule has 1 aromatic heterocycles. The highest BCUT2D eigenvalue weighted by Gasteiger charge is 2.16. The van der Waals surface area contributed by atoms with Crippen molar-refractivity contribution in [2.75, 3.05) is 5.32 Å². The topological polar surface area (TPSA) is 99.2 Å². The number of carbonyl (C=O) groups is 1. The molecule has 1 N–H and O–H groups in total. The van der Waals surface area contributed by atoms with Gasteiger partial charge in [0.1, 0.15) is 0 Å². The van der Waals surface area contributed by atoms with Crippen molar-refractivity contribution >= 4 is 44.2 Å². The van der Waals surface area contributed by atoms with Gasteiger partial charge in [0, 0.05) is 35.3 Å². The number of non-ortho nitro benzene ring substituents is 1. The van der Waals surface area contributed by atoms with Crippen molar-refractivity contribution in [1.29, 1.82) is 0 Å². The minimum atomic E-state index is -0.519. The van der Waals surface area contributed by atoms with Crippen molar-refractivity contribution in [3.05, 3.63) is 67.0 Å². The average molecular weight is 433 g/mol. The van der Waals surface area contributed by atoms with E-state index in [1.165, 1.54) is 24.3 Å². The number of anilines is 1. The van der Waals surface area contributed by atoms with E-state index < -0.39 is 10.8 Å². The number of nitrogens with one attached hydrogen (secondary N) is 1. The lowest BCUT2D eigenvalue weighted by molar-refractivity contribution is -0.384. The monoisotopic (exact) mass is 432 g/mol. The van der Waals surface area contributed by atoms with Crippen LogP contribution in [-0.4, -0.2) is 20.0 Å². The predicted molar refractivity (Wildman–Crippen MR) is 106 cm³/mol. The Kier molecular flexibility index (Phi) is 5.13. The number of fused-ring (bicyclic) bond motifs is 1. The molecule has 0 aliphatic carbocycles. The molecule has 0 bridgehead atoms. The van der Waals surface area contributed by atoms with Gasteiger partial charge in [-0.25, -0.2) is 4.79 Å². The molecule has 140 valence electrons. The van der Waals surface area contributed by atoms with Gasteiger partial charge in [0.15, 0.2) is 0 Å². The Morgan fingerprint density at radius 3 is 2.19 bits per heavy atom. The number of amides is 1. The maximum atomic E-state index is 12.5. The number of aromatic nitrogens is 2. The number of hydrogen-bond acceptors (Lipinski definition) is 4. The van der Waals surface area contributed by atoms with Gasteiger partial charge in [0.05, 0.1) is 21.6 Å². The molecule has 1 amide bonds. The molecule has 0 saturated heterocycles. The zero-order chi connectivity index (χ0) is 19.7. The van der Waals surface area contributed by atoms with Crippen molar-refractivity contribution in [2.45, 2.75) is 26.9 Å². The third kappa shape index (κ3) is 3.37. The number of nitro benzene ring substituents is 1. The molecule has 0 aliphatic rings. The lowest BCUT2D eigenvalue weighted by Gasteiger charge is -2.09. The minimum Gasteiger partial charge on any atom is -0.321 e. The summed E-state index contributed by atoms with van der Waals surface area (Å²) in [7, 11) is 0. The fourth-order valence-electron chi connectivity index (χ4n) is 2.97. The quantitative estimate of drug-likeness (QED) is 0.489. The van der Waals surface area contributed by atoms with Crippen LogP contribution >= 0.6 is 15.9 Å². The maximum Gasteiger partial charge on any atom is 0.329 e. The van der Waals surface area contributed by atoms with Gasteiger partial charge in [-0.05, 0) is 54.0 Å². The highest BCUT2D eigenvalue weighted by atomic mass is 79.9. The van der Waals surface area contributed by atoms with Crippen molar-refractivity contribution in [3.8, 4) is 0 Å². The van der Waals surface area contributed by atoms with Gasteiger partial charge in [0.25, 0.3) is 11.6 Å². The van der Waals surface area contributed by atoms with Gasteiger partial charge >= 0.3 is 5.69 Å². The first-order valence-electron chi connectivity index (χ1n) is 8.35. The number of carbonyl (C=O) groups excluding carboxylic acids is 1. The van der Waals surface area contributed by atoms with Crippen LogP contribution in [-0.2, 0) is 13.1 Å². The Morgan fingerprint density at radius 1 is 1.11 bits per heavy atom. The van der Waals surface area contributed by atoms with E-state index in [0.29, 0.717) is 28.8 Å². The number of hydrogen-bond donors (Lipinski definition) is 1. The highest BCUT2D eigenvalue weighted by Crippen LogP contribution is 2.29. The fraction of sp³-hybridized carbons (Fsp3) is 0.222. The molecule has 8 nitrogen and oxygen atoms in total. The van der Waals surface area contributed by atoms with E-state index in [1.54, 1.807) is 21.3 Å². The molecule has 0 radical (unpaired) electrons. The van der Waals surface area contributed by atoms with E-state index in [9.17, 15) is 19.7 Å². The molecule has 0 atom stereocenters. The van der Waals surface area contributed by atoms with Crippen LogP contribution in [0.3, 0.4) is 0 Å². The Hall–Kier alpha value is -2.94. The van der Waals surface area contributed by atoms with Crippen LogP contribution in [0.15, 0.2) is 45.7 Å². The molecule has 27 heavy (non-hydrogen) atoms. The number of aryl methyl sites for hydroxylation is 2. The summed E-state index contributed by atoms with van der Waals surface area (Å²) in [5, 5.41) is 13.5. The molecule has 0 aliphatic heterocycles. The molecule has 3 aromatic rings. The number of imidazole rings is 1. The maximum absolute atomic E-state index is 12.5. The van der Waals surface area contributed by atoms with Crippen LogP contribution in [0.2, 0.25) is 0 Å². The normalized spacial score (nSPS) is 10.9. The Bertz CT molecular complexity index is 1100. The number of rotatable bonds is 5. The Labute approximate surface area is 162 Å². The summed E-state index contributed by atoms with van der Waals surface area (Å²) >= 11 is 3.44. The van der Waals surface area contributed by atoms with E-state index in [4.69, 9.17) is 0 Å². The summed E-state index contributed by atoms with van der Waals surface area (Å²) in [4.78, 5) is 35.2. The van der Waals surface area contributed by atoms with Gasteiger partial charge in [-0.1, -0.05) is 0 Å². The van der Waals surface area contributed by atoms with Crippen LogP contribution in [0.5, 0.6) is 0 Å². The van der Waals surface area contributed by atoms with Crippen LogP contribution < -0.4 is 11.0 Å². The van der Waals surface area contributed by atoms with Crippen LogP contribution in [0.1, 0.15) is 24.2 Å². The van der Waals surface area contributed by atoms with Crippen molar-refractivity contribution < 1.29 is 9.72 Å². The lowest BCUT2D eigenvalue weighted by atomic mass is 10.2. The van der Waals surface area contributed by atoms with E-state index in [1.807, 2.05) is 13.8 Å². The summed E-state index contributed by atoms with van der Waals surface area (Å²) in [6, 6.07) is 8.91. The largest absolute Gasteiger partial charge is 0.329 e. The van der Waals surface area contributed by atoms with Crippen molar-refractivity contribution in [2.24, 2.45) is 0 Å². The number of nitrogens with zero attached hydrogens (tertiary/aromatic N) is 3. The van der Waals surface area contributed by atoms with Gasteiger partial charge in [-0.2, -0.15) is 0 Å². The second kappa shape index (κ2) is 7.36. The first-order valence-corrected chi connectivity index (χ1v) is 9.15. The Morgan fingerprint density at radius 2 is 1.67 bits per heavy atom. The molecule has 0 spiro atoms. The first kappa shape index (κ1) is 18.8. The van der Waals surface area contributed by atoms with E-state index >= 15 is 0 Å². The molecule has 3 rings (SSSR count). The smallest absolute Gasteiger partial charge is 0.321 e. The molecule has 0 unspecified atom stereocenters. The van der Waals surface area contributed by atoms with Gasteiger partial charge in [-0.3, -0.25) is 24.0 Å². The van der Waals surface area contributed by atoms with Gasteiger partial charge < -0.3 is 5.32 Å². The second-order valence-corrected chi connectivity index (χ2v) is 6.70. The molecule has 0 saturated carbocycles. The van der Waals surface area contributed by atoms with E-state index in [-0.39, 0.29) is 11.4 Å². The van der Waals surface area contributed by atoms with Crippen molar-refractivity contribution in [3.63, 3.8) is 0 Å². The van der Waals surface area contributed by atoms with Crippen molar-refractivity contribution in [1.82, 2.24) is 9.13 Å². The number of nitro groups is 1. The molecule has 9 heteroatoms. The second-order valence-electron chi connectivity index (χ2n) is 5.85. The zero-order valence-electron chi connectivity index (χ0n) is 14.7. The Balaban J connectivity index is 1.99. The standard InChI is InChI=1S/C18H17BrN4O4/c1-3-21-15-9-13(19)14(10-16(15)22(4-2)18(21)25)20-17(24)11-5-7-12(8-6-11)23(26)27/h5-10H,3-4H2,1-2H3,(H,20,24). The summed E-state index contributed by atoms with van der Waals surface area (Å²) in [5.74, 6) is -0.398. The molecule has 1 heterocycles. The summed E-state index contributed by atoms with van der Waals surface area (Å²) in [5.41, 5.74) is 2.15. The van der Waals surface area contributed by atoms with Gasteiger partial charge in [0.2, 0.25) is 0 Å². The molecule has 2 aromatic carbocycles. The minimum absolute atomic E-state index is 0.0815. The molecular formula is C18H17BrN4O4. The molecular weight excluding hydrogens is 416 g/mol. The highest BCUT2D eigenvalue weighted by molar-refractivity contribution is 9.10.